The molecule has 98 valence electrons. The molecule has 1 aromatic carbocycles. The quantitative estimate of drug-likeness (QED) is 0.808. The minimum atomic E-state index is 0.676. The maximum absolute atomic E-state index is 5.87. The fraction of sp³-hybridized carbons (Fsp3) is 0.625. The Hall–Kier alpha value is -1.02. The first-order chi connectivity index (χ1) is 8.88. The predicted octanol–water partition coefficient (Wildman–Crippen LogP) is 3.26. The van der Waals surface area contributed by atoms with Crippen LogP contribution in [0.15, 0.2) is 18.2 Å². The molecule has 0 bridgehead atoms. The number of hydrogen-bond acceptors (Lipinski definition) is 2. The summed E-state index contributed by atoms with van der Waals surface area (Å²) in [6, 6.07) is 7.39. The summed E-state index contributed by atoms with van der Waals surface area (Å²) in [5.74, 6) is 1.89. The van der Waals surface area contributed by atoms with E-state index < -0.39 is 0 Å². The molecule has 1 aromatic rings. The van der Waals surface area contributed by atoms with E-state index in [9.17, 15) is 0 Å². The lowest BCUT2D eigenvalue weighted by Gasteiger charge is -2.21. The highest BCUT2D eigenvalue weighted by Gasteiger charge is 2.25. The van der Waals surface area contributed by atoms with Crippen LogP contribution in [-0.4, -0.2) is 19.7 Å². The molecule has 0 aromatic heterocycles. The number of rotatable bonds is 2. The van der Waals surface area contributed by atoms with Gasteiger partial charge in [-0.15, -0.1) is 0 Å². The maximum Gasteiger partial charge on any atom is 0.126 e. The molecule has 2 aliphatic rings. The second-order valence-electron chi connectivity index (χ2n) is 5.64. The van der Waals surface area contributed by atoms with E-state index in [2.05, 4.69) is 30.6 Å². The summed E-state index contributed by atoms with van der Waals surface area (Å²) in [5, 5.41) is 3.47. The molecule has 0 amide bonds. The first kappa shape index (κ1) is 12.0. The van der Waals surface area contributed by atoms with E-state index in [4.69, 9.17) is 4.74 Å². The molecule has 1 N–H and O–H groups in total. The minimum absolute atomic E-state index is 0.676. The van der Waals surface area contributed by atoms with Gasteiger partial charge in [0.15, 0.2) is 0 Å². The van der Waals surface area contributed by atoms with Crippen LogP contribution in [-0.2, 0) is 6.42 Å². The van der Waals surface area contributed by atoms with Crippen LogP contribution >= 0.6 is 0 Å². The fourth-order valence-corrected chi connectivity index (χ4v) is 3.47. The lowest BCUT2D eigenvalue weighted by molar-refractivity contribution is 0.348. The van der Waals surface area contributed by atoms with Crippen molar-refractivity contribution in [3.63, 3.8) is 0 Å². The second kappa shape index (κ2) is 5.31. The Balaban J connectivity index is 1.87. The number of para-hydroxylation sites is 1. The highest BCUT2D eigenvalue weighted by Crippen LogP contribution is 2.40. The molecule has 0 radical (unpaired) electrons. The van der Waals surface area contributed by atoms with Crippen LogP contribution < -0.4 is 10.1 Å². The summed E-state index contributed by atoms with van der Waals surface area (Å²) < 4.78 is 5.87. The Morgan fingerprint density at radius 2 is 2.11 bits per heavy atom. The highest BCUT2D eigenvalue weighted by atomic mass is 16.5. The van der Waals surface area contributed by atoms with Crippen LogP contribution in [0.5, 0.6) is 5.75 Å². The zero-order valence-electron chi connectivity index (χ0n) is 11.2. The van der Waals surface area contributed by atoms with E-state index in [1.54, 1.807) is 0 Å². The van der Waals surface area contributed by atoms with E-state index in [0.29, 0.717) is 12.0 Å². The first-order valence-corrected chi connectivity index (χ1v) is 7.30. The second-order valence-corrected chi connectivity index (χ2v) is 5.64. The predicted molar refractivity (Wildman–Crippen MR) is 74.3 cm³/mol. The molecular weight excluding hydrogens is 222 g/mol. The molecule has 2 unspecified atom stereocenters. The summed E-state index contributed by atoms with van der Waals surface area (Å²) in [6.45, 7) is 0.870. The fourth-order valence-electron chi connectivity index (χ4n) is 3.47. The van der Waals surface area contributed by atoms with Gasteiger partial charge < -0.3 is 10.1 Å². The summed E-state index contributed by atoms with van der Waals surface area (Å²) in [6.07, 6.45) is 7.70. The summed E-state index contributed by atoms with van der Waals surface area (Å²) in [5.41, 5.74) is 2.88. The Kier molecular flexibility index (Phi) is 3.55. The van der Waals surface area contributed by atoms with Crippen LogP contribution in [0.4, 0.5) is 0 Å². The molecule has 1 fully saturated rings. The Morgan fingerprint density at radius 3 is 3.00 bits per heavy atom. The molecule has 0 spiro atoms. The number of hydrogen-bond donors (Lipinski definition) is 1. The van der Waals surface area contributed by atoms with Gasteiger partial charge in [0.1, 0.15) is 5.75 Å². The third kappa shape index (κ3) is 2.26. The molecule has 1 saturated carbocycles. The van der Waals surface area contributed by atoms with Crippen molar-refractivity contribution in [2.75, 3.05) is 13.7 Å². The van der Waals surface area contributed by atoms with Gasteiger partial charge in [-0.1, -0.05) is 31.0 Å². The van der Waals surface area contributed by atoms with Gasteiger partial charge in [-0.05, 0) is 43.4 Å². The molecule has 1 aliphatic carbocycles. The number of fused-ring (bicyclic) bond motifs is 1. The van der Waals surface area contributed by atoms with Gasteiger partial charge in [-0.3, -0.25) is 0 Å². The lowest BCUT2D eigenvalue weighted by atomic mass is 9.88. The molecule has 3 rings (SSSR count). The monoisotopic (exact) mass is 245 g/mol. The zero-order chi connectivity index (χ0) is 12.4. The summed E-state index contributed by atoms with van der Waals surface area (Å²) in [7, 11) is 2.10. The lowest BCUT2D eigenvalue weighted by Crippen LogP contribution is -2.25. The zero-order valence-corrected chi connectivity index (χ0v) is 11.2. The Labute approximate surface area is 110 Å². The largest absolute Gasteiger partial charge is 0.493 e. The average molecular weight is 245 g/mol. The van der Waals surface area contributed by atoms with Crippen LogP contribution in [0.1, 0.15) is 49.1 Å². The normalized spacial score (nSPS) is 27.4. The Bertz CT molecular complexity index is 416. The summed E-state index contributed by atoms with van der Waals surface area (Å²) in [4.78, 5) is 0. The van der Waals surface area contributed by atoms with Gasteiger partial charge in [-0.2, -0.15) is 0 Å². The molecular formula is C16H23NO. The van der Waals surface area contributed by atoms with Gasteiger partial charge in [0, 0.05) is 12.5 Å². The van der Waals surface area contributed by atoms with Crippen LogP contribution in [0.25, 0.3) is 0 Å². The maximum atomic E-state index is 5.87. The van der Waals surface area contributed by atoms with Crippen molar-refractivity contribution in [1.29, 1.82) is 0 Å². The van der Waals surface area contributed by atoms with Gasteiger partial charge in [0.05, 0.1) is 6.61 Å². The van der Waals surface area contributed by atoms with Crippen molar-refractivity contribution in [2.24, 2.45) is 0 Å². The van der Waals surface area contributed by atoms with Gasteiger partial charge >= 0.3 is 0 Å². The third-order valence-electron chi connectivity index (χ3n) is 4.52. The van der Waals surface area contributed by atoms with E-state index in [1.165, 1.54) is 49.0 Å². The van der Waals surface area contributed by atoms with Gasteiger partial charge in [0.25, 0.3) is 0 Å². The Morgan fingerprint density at radius 1 is 1.22 bits per heavy atom. The SMILES string of the molecule is CNC1CCCCC(c2cccc3c2OCC3)C1. The van der Waals surface area contributed by atoms with E-state index in [-0.39, 0.29) is 0 Å². The molecule has 2 atom stereocenters. The first-order valence-electron chi connectivity index (χ1n) is 7.30. The molecule has 0 saturated heterocycles. The number of ether oxygens (including phenoxy) is 1. The van der Waals surface area contributed by atoms with Crippen molar-refractivity contribution in [2.45, 2.75) is 50.5 Å². The molecule has 1 heterocycles. The van der Waals surface area contributed by atoms with Crippen LogP contribution in [0.2, 0.25) is 0 Å². The number of nitrogens with one attached hydrogen (secondary N) is 1. The van der Waals surface area contributed by atoms with E-state index in [1.807, 2.05) is 0 Å². The molecule has 2 nitrogen and oxygen atoms in total. The standard InChI is InChI=1S/C16H23NO/c1-17-14-7-3-2-5-13(11-14)15-8-4-6-12-9-10-18-16(12)15/h4,6,8,13-14,17H,2-3,5,7,9-11H2,1H3. The number of benzene rings is 1. The van der Waals surface area contributed by atoms with Crippen molar-refractivity contribution in [3.8, 4) is 5.75 Å². The average Bonchev–Trinajstić information content (AvgIpc) is 2.75. The molecule has 1 aliphatic heterocycles. The van der Waals surface area contributed by atoms with Crippen molar-refractivity contribution in [3.05, 3.63) is 29.3 Å². The van der Waals surface area contributed by atoms with E-state index in [0.717, 1.165) is 13.0 Å². The minimum Gasteiger partial charge on any atom is -0.493 e. The van der Waals surface area contributed by atoms with E-state index >= 15 is 0 Å². The topological polar surface area (TPSA) is 21.3 Å². The van der Waals surface area contributed by atoms with Crippen molar-refractivity contribution < 1.29 is 4.74 Å². The molecule has 18 heavy (non-hydrogen) atoms. The summed E-state index contributed by atoms with van der Waals surface area (Å²) >= 11 is 0. The van der Waals surface area contributed by atoms with Crippen LogP contribution in [0.3, 0.4) is 0 Å². The third-order valence-corrected chi connectivity index (χ3v) is 4.52. The molecule has 2 heteroatoms. The smallest absolute Gasteiger partial charge is 0.126 e. The highest BCUT2D eigenvalue weighted by molar-refractivity contribution is 5.46. The van der Waals surface area contributed by atoms with Crippen LogP contribution in [0, 0.1) is 0 Å². The van der Waals surface area contributed by atoms with Gasteiger partial charge in [-0.25, -0.2) is 0 Å². The van der Waals surface area contributed by atoms with Crippen molar-refractivity contribution in [1.82, 2.24) is 5.32 Å². The van der Waals surface area contributed by atoms with Crippen molar-refractivity contribution >= 4 is 0 Å². The van der Waals surface area contributed by atoms with Gasteiger partial charge in [0.2, 0.25) is 0 Å².